The van der Waals surface area contributed by atoms with E-state index in [2.05, 4.69) is 44.1 Å². The van der Waals surface area contributed by atoms with Crippen molar-refractivity contribution < 1.29 is 78.8 Å². The van der Waals surface area contributed by atoms with Crippen LogP contribution in [0.5, 0.6) is 0 Å². The number of aliphatic carboxylic acids is 1. The van der Waals surface area contributed by atoms with Crippen LogP contribution in [0.15, 0.2) is 0 Å². The highest BCUT2D eigenvalue weighted by Gasteiger charge is 2.38. The van der Waals surface area contributed by atoms with Crippen LogP contribution in [-0.2, 0) is 47.9 Å². The van der Waals surface area contributed by atoms with Crippen molar-refractivity contribution in [2.45, 2.75) is 172 Å². The Labute approximate surface area is 389 Å². The Morgan fingerprint density at radius 1 is 0.642 bits per heavy atom. The SMILES string of the molecule is CCCCCCCCCCCCCC(=O)NC1C(=O)NC(C(=O)NC(CO)C(=O)NC(CCCN(O)C(C)=O)C(=O)NC(CO)C(=O)NC(CCCN(O)C(C)=O)C(=O)O)CCNC(=O)C1O. The maximum atomic E-state index is 13.5. The van der Waals surface area contributed by atoms with Gasteiger partial charge in [-0.25, -0.2) is 14.9 Å². The molecule has 382 valence electrons. The number of hydroxylamine groups is 4. The summed E-state index contributed by atoms with van der Waals surface area (Å²) in [4.78, 5) is 127. The predicted octanol–water partition coefficient (Wildman–Crippen LogP) is -2.42. The van der Waals surface area contributed by atoms with E-state index in [1.807, 2.05) is 0 Å². The molecule has 25 heteroatoms. The van der Waals surface area contributed by atoms with Gasteiger partial charge >= 0.3 is 5.97 Å². The summed E-state index contributed by atoms with van der Waals surface area (Å²) in [5, 5.41) is 76.3. The molecule has 0 saturated carbocycles. The lowest BCUT2D eigenvalue weighted by Crippen LogP contribution is -2.61. The van der Waals surface area contributed by atoms with Crippen molar-refractivity contribution in [3.05, 3.63) is 0 Å². The van der Waals surface area contributed by atoms with Crippen LogP contribution >= 0.6 is 0 Å². The van der Waals surface area contributed by atoms with E-state index in [1.165, 1.54) is 32.1 Å². The zero-order chi connectivity index (χ0) is 50.5. The number of hydrogen-bond donors (Lipinski definition) is 13. The van der Waals surface area contributed by atoms with E-state index >= 15 is 0 Å². The monoisotopic (exact) mass is 960 g/mol. The number of hydrogen-bond acceptors (Lipinski definition) is 15. The number of amides is 9. The van der Waals surface area contributed by atoms with Crippen LogP contribution in [0.1, 0.15) is 130 Å². The van der Waals surface area contributed by atoms with Crippen LogP contribution in [0.4, 0.5) is 0 Å². The average Bonchev–Trinajstić information content (AvgIpc) is 3.33. The largest absolute Gasteiger partial charge is 0.480 e. The second-order valence-electron chi connectivity index (χ2n) is 16.4. The molecule has 0 aromatic carbocycles. The zero-order valence-corrected chi connectivity index (χ0v) is 38.8. The van der Waals surface area contributed by atoms with Crippen molar-refractivity contribution in [1.29, 1.82) is 0 Å². The molecule has 0 radical (unpaired) electrons. The first kappa shape index (κ1) is 59.5. The highest BCUT2D eigenvalue weighted by Crippen LogP contribution is 2.13. The Balaban J connectivity index is 3.03. The van der Waals surface area contributed by atoms with Crippen LogP contribution < -0.4 is 37.2 Å². The number of aliphatic hydroxyl groups excluding tert-OH is 3. The number of aliphatic hydroxyl groups is 3. The molecule has 1 aliphatic rings. The van der Waals surface area contributed by atoms with Gasteiger partial charge in [0.05, 0.1) is 13.2 Å². The normalized spacial score (nSPS) is 17.9. The standard InChI is InChI=1S/C42H73N9O16/c1-4-5-6-7-8-9-10-11-12-13-14-19-33(56)49-34-35(57)41(63)43-21-20-29(45-40(34)62)37(59)48-31(24-52)38(60)44-28(17-15-22-50(66)26(2)54)36(58)47-32(25-53)39(61)46-30(42(64)65)18-16-23-51(67)27(3)55/h28-32,34-35,52-53,57,66-67H,4-25H2,1-3H3,(H,43,63)(H,44,60)(H,45,62)(H,46,61)(H,47,58)(H,48,59)(H,49,56)(H,64,65). The third-order valence-electron chi connectivity index (χ3n) is 10.9. The molecule has 25 nitrogen and oxygen atoms in total. The first-order chi connectivity index (χ1) is 31.8. The Morgan fingerprint density at radius 2 is 1.09 bits per heavy atom. The van der Waals surface area contributed by atoms with Crippen molar-refractivity contribution >= 4 is 59.1 Å². The Kier molecular flexibility index (Phi) is 29.4. The van der Waals surface area contributed by atoms with Gasteiger partial charge in [-0.15, -0.1) is 0 Å². The fourth-order valence-electron chi connectivity index (χ4n) is 6.82. The first-order valence-electron chi connectivity index (χ1n) is 22.9. The number of nitrogens with one attached hydrogen (secondary N) is 7. The van der Waals surface area contributed by atoms with E-state index in [1.54, 1.807) is 0 Å². The average molecular weight is 960 g/mol. The van der Waals surface area contributed by atoms with Gasteiger partial charge in [-0.05, 0) is 38.5 Å². The molecule has 1 aliphatic heterocycles. The molecule has 0 bridgehead atoms. The zero-order valence-electron chi connectivity index (χ0n) is 38.8. The summed E-state index contributed by atoms with van der Waals surface area (Å²) in [5.74, 6) is -10.2. The van der Waals surface area contributed by atoms with Gasteiger partial charge in [0.2, 0.25) is 47.3 Å². The van der Waals surface area contributed by atoms with Crippen molar-refractivity contribution in [2.24, 2.45) is 0 Å². The molecule has 1 heterocycles. The van der Waals surface area contributed by atoms with Gasteiger partial charge in [0, 0.05) is 39.9 Å². The van der Waals surface area contributed by atoms with Crippen LogP contribution in [0, 0.1) is 0 Å². The topological polar surface area (TPSA) is 383 Å². The third-order valence-corrected chi connectivity index (χ3v) is 10.9. The quantitative estimate of drug-likeness (QED) is 0.0190. The maximum absolute atomic E-state index is 13.5. The Morgan fingerprint density at radius 3 is 1.58 bits per heavy atom. The lowest BCUT2D eigenvalue weighted by atomic mass is 10.0. The van der Waals surface area contributed by atoms with Gasteiger partial charge in [0.1, 0.15) is 36.3 Å². The Hall–Kier alpha value is -5.50. The van der Waals surface area contributed by atoms with Crippen LogP contribution in [0.25, 0.3) is 0 Å². The summed E-state index contributed by atoms with van der Waals surface area (Å²) in [7, 11) is 0. The van der Waals surface area contributed by atoms with Gasteiger partial charge in [0.25, 0.3) is 5.91 Å². The van der Waals surface area contributed by atoms with Crippen LogP contribution in [-0.4, -0.2) is 175 Å². The summed E-state index contributed by atoms with van der Waals surface area (Å²) < 4.78 is 0. The molecular weight excluding hydrogens is 887 g/mol. The molecule has 9 amide bonds. The summed E-state index contributed by atoms with van der Waals surface area (Å²) in [6.07, 6.45) is 8.36. The molecule has 1 saturated heterocycles. The second-order valence-corrected chi connectivity index (χ2v) is 16.4. The number of carboxylic acid groups (broad SMARTS) is 1. The molecule has 7 unspecified atom stereocenters. The fraction of sp³-hybridized carbons (Fsp3) is 0.762. The molecule has 0 aromatic heterocycles. The molecule has 0 spiro atoms. The highest BCUT2D eigenvalue weighted by atomic mass is 16.5. The van der Waals surface area contributed by atoms with Gasteiger partial charge in [-0.2, -0.15) is 0 Å². The summed E-state index contributed by atoms with van der Waals surface area (Å²) in [6.45, 7) is 1.27. The fourth-order valence-corrected chi connectivity index (χ4v) is 6.82. The minimum Gasteiger partial charge on any atom is -0.480 e. The van der Waals surface area contributed by atoms with Gasteiger partial charge < -0.3 is 57.6 Å². The van der Waals surface area contributed by atoms with E-state index in [9.17, 15) is 78.8 Å². The number of rotatable bonds is 32. The summed E-state index contributed by atoms with van der Waals surface area (Å²) in [6, 6.07) is -10.1. The van der Waals surface area contributed by atoms with Crippen molar-refractivity contribution in [3.63, 3.8) is 0 Å². The maximum Gasteiger partial charge on any atom is 0.326 e. The summed E-state index contributed by atoms with van der Waals surface area (Å²) in [5.41, 5.74) is 0. The van der Waals surface area contributed by atoms with E-state index in [0.717, 1.165) is 46.0 Å². The molecular formula is C42H73N9O16. The van der Waals surface area contributed by atoms with Crippen LogP contribution in [0.2, 0.25) is 0 Å². The van der Waals surface area contributed by atoms with Crippen LogP contribution in [0.3, 0.4) is 0 Å². The number of nitrogens with zero attached hydrogens (tertiary/aromatic N) is 2. The lowest BCUT2D eigenvalue weighted by Gasteiger charge is -2.26. The van der Waals surface area contributed by atoms with E-state index in [0.29, 0.717) is 16.5 Å². The van der Waals surface area contributed by atoms with Gasteiger partial charge in [-0.1, -0.05) is 71.1 Å². The smallest absolute Gasteiger partial charge is 0.326 e. The van der Waals surface area contributed by atoms with Gasteiger partial charge in [0.15, 0.2) is 6.10 Å². The van der Waals surface area contributed by atoms with Crippen molar-refractivity contribution in [1.82, 2.24) is 47.3 Å². The Bertz CT molecular complexity index is 1640. The van der Waals surface area contributed by atoms with Crippen molar-refractivity contribution in [3.8, 4) is 0 Å². The molecule has 1 rings (SSSR count). The molecule has 67 heavy (non-hydrogen) atoms. The van der Waals surface area contributed by atoms with E-state index in [4.69, 9.17) is 0 Å². The number of carboxylic acids is 1. The molecule has 7 atom stereocenters. The number of carbonyl (C=O) groups is 10. The highest BCUT2D eigenvalue weighted by molar-refractivity contribution is 5.99. The van der Waals surface area contributed by atoms with Gasteiger partial charge in [-0.3, -0.25) is 53.6 Å². The first-order valence-corrected chi connectivity index (χ1v) is 22.9. The number of carbonyl (C=O) groups excluding carboxylic acids is 9. The molecule has 0 aromatic rings. The second kappa shape index (κ2) is 33.1. The minimum atomic E-state index is -2.03. The summed E-state index contributed by atoms with van der Waals surface area (Å²) >= 11 is 0. The van der Waals surface area contributed by atoms with Crippen molar-refractivity contribution in [2.75, 3.05) is 32.8 Å². The lowest BCUT2D eigenvalue weighted by molar-refractivity contribution is -0.163. The minimum absolute atomic E-state index is 0.00852. The predicted molar refractivity (Wildman–Crippen MR) is 235 cm³/mol. The molecule has 1 fully saturated rings. The molecule has 0 aliphatic carbocycles. The van der Waals surface area contributed by atoms with E-state index < -0.39 is 115 Å². The number of unbranched alkanes of at least 4 members (excludes halogenated alkanes) is 10. The van der Waals surface area contributed by atoms with E-state index in [-0.39, 0.29) is 58.2 Å². The molecule has 13 N–H and O–H groups in total. The third kappa shape index (κ3) is 23.7.